The molecular weight excluding hydrogens is 324 g/mol. The Morgan fingerprint density at radius 1 is 1.29 bits per heavy atom. The fourth-order valence-corrected chi connectivity index (χ4v) is 3.92. The van der Waals surface area contributed by atoms with Crippen LogP contribution in [0, 0.1) is 0 Å². The lowest BCUT2D eigenvalue weighted by Gasteiger charge is -2.32. The van der Waals surface area contributed by atoms with E-state index in [0.717, 1.165) is 41.8 Å². The molecule has 1 saturated carbocycles. The first kappa shape index (κ1) is 15.9. The molecule has 24 heavy (non-hydrogen) atoms. The van der Waals surface area contributed by atoms with Gasteiger partial charge < -0.3 is 9.30 Å². The van der Waals surface area contributed by atoms with Gasteiger partial charge in [0, 0.05) is 35.6 Å². The van der Waals surface area contributed by atoms with Gasteiger partial charge in [0.2, 0.25) is 0 Å². The summed E-state index contributed by atoms with van der Waals surface area (Å²) in [6, 6.07) is 6.48. The molecule has 1 aromatic carbocycles. The topological polar surface area (TPSA) is 43.2 Å². The molecule has 0 bridgehead atoms. The van der Waals surface area contributed by atoms with Gasteiger partial charge in [0.05, 0.1) is 7.11 Å². The molecule has 0 N–H and O–H groups in total. The lowest BCUT2D eigenvalue weighted by atomic mass is 9.96. The van der Waals surface area contributed by atoms with Crippen LogP contribution in [0.4, 0.5) is 0 Å². The molecule has 2 heterocycles. The van der Waals surface area contributed by atoms with Crippen LogP contribution >= 0.6 is 11.6 Å². The summed E-state index contributed by atoms with van der Waals surface area (Å²) in [7, 11) is 1.70. The first-order chi connectivity index (χ1) is 11.8. The fraction of sp³-hybridized carbons (Fsp3) is 0.556. The van der Waals surface area contributed by atoms with Crippen molar-refractivity contribution in [1.29, 1.82) is 0 Å². The molecule has 0 spiro atoms. The van der Waals surface area contributed by atoms with Gasteiger partial charge in [-0.1, -0.05) is 17.7 Å². The van der Waals surface area contributed by atoms with Crippen LogP contribution < -0.4 is 4.74 Å². The van der Waals surface area contributed by atoms with Crippen molar-refractivity contribution in [3.8, 4) is 5.75 Å². The maximum absolute atomic E-state index is 6.41. The van der Waals surface area contributed by atoms with Crippen LogP contribution in [0.5, 0.6) is 5.75 Å². The average molecular weight is 347 g/mol. The van der Waals surface area contributed by atoms with Crippen molar-refractivity contribution in [1.82, 2.24) is 19.7 Å². The molecule has 5 nitrogen and oxygen atoms in total. The highest BCUT2D eigenvalue weighted by Gasteiger charge is 2.31. The van der Waals surface area contributed by atoms with Crippen molar-refractivity contribution >= 4 is 11.6 Å². The largest absolute Gasteiger partial charge is 0.496 e. The Morgan fingerprint density at radius 2 is 2.17 bits per heavy atom. The normalized spacial score (nSPS) is 21.8. The van der Waals surface area contributed by atoms with E-state index in [9.17, 15) is 0 Å². The van der Waals surface area contributed by atoms with E-state index >= 15 is 0 Å². The third-order valence-electron chi connectivity index (χ3n) is 5.09. The minimum absolute atomic E-state index is 0.454. The van der Waals surface area contributed by atoms with Gasteiger partial charge in [0.15, 0.2) is 0 Å². The lowest BCUT2D eigenvalue weighted by Crippen LogP contribution is -2.35. The molecule has 4 rings (SSSR count). The summed E-state index contributed by atoms with van der Waals surface area (Å²) in [4.78, 5) is 2.46. The first-order valence-electron chi connectivity index (χ1n) is 8.69. The summed E-state index contributed by atoms with van der Waals surface area (Å²) in [5.74, 6) is 2.48. The number of ether oxygens (including phenoxy) is 1. The fourth-order valence-electron chi connectivity index (χ4n) is 3.69. The van der Waals surface area contributed by atoms with Gasteiger partial charge in [0.1, 0.15) is 17.9 Å². The van der Waals surface area contributed by atoms with Gasteiger partial charge in [-0.25, -0.2) is 0 Å². The molecule has 128 valence electrons. The monoisotopic (exact) mass is 346 g/mol. The summed E-state index contributed by atoms with van der Waals surface area (Å²) in [5.41, 5.74) is 1.07. The first-order valence-corrected chi connectivity index (χ1v) is 9.07. The number of piperidine rings is 1. The SMILES string of the molecule is COc1cccc(Cl)c1CN1CCC[C@@H](c2nncn2C2CC2)C1. The number of aromatic nitrogens is 3. The summed E-state index contributed by atoms with van der Waals surface area (Å²) < 4.78 is 7.78. The molecule has 2 aromatic rings. The molecule has 1 atom stereocenters. The number of halogens is 1. The van der Waals surface area contributed by atoms with E-state index in [4.69, 9.17) is 16.3 Å². The zero-order chi connectivity index (χ0) is 16.5. The number of hydrogen-bond donors (Lipinski definition) is 0. The molecular formula is C18H23ClN4O. The van der Waals surface area contributed by atoms with Crippen molar-refractivity contribution in [3.63, 3.8) is 0 Å². The van der Waals surface area contributed by atoms with Gasteiger partial charge in [-0.05, 0) is 44.4 Å². The summed E-state index contributed by atoms with van der Waals surface area (Å²) in [6.07, 6.45) is 6.79. The van der Waals surface area contributed by atoms with Crippen LogP contribution in [0.25, 0.3) is 0 Å². The van der Waals surface area contributed by atoms with E-state index in [-0.39, 0.29) is 0 Å². The lowest BCUT2D eigenvalue weighted by molar-refractivity contribution is 0.192. The highest BCUT2D eigenvalue weighted by atomic mass is 35.5. The number of methoxy groups -OCH3 is 1. The third-order valence-corrected chi connectivity index (χ3v) is 5.44. The van der Waals surface area contributed by atoms with Crippen molar-refractivity contribution in [2.24, 2.45) is 0 Å². The minimum Gasteiger partial charge on any atom is -0.496 e. The Hall–Kier alpha value is -1.59. The molecule has 2 fully saturated rings. The molecule has 0 unspecified atom stereocenters. The standard InChI is InChI=1S/C18H23ClN4O/c1-24-17-6-2-5-16(19)15(17)11-22-9-3-4-13(10-22)18-21-20-12-23(18)14-7-8-14/h2,5-6,12-14H,3-4,7-11H2,1H3/t13-/m1/s1. The Balaban J connectivity index is 1.50. The second-order valence-electron chi connectivity index (χ2n) is 6.82. The Morgan fingerprint density at radius 3 is 2.96 bits per heavy atom. The number of hydrogen-bond acceptors (Lipinski definition) is 4. The van der Waals surface area contributed by atoms with Gasteiger partial charge in [-0.15, -0.1) is 10.2 Å². The van der Waals surface area contributed by atoms with Crippen molar-refractivity contribution in [3.05, 3.63) is 40.9 Å². The Bertz CT molecular complexity index is 713. The number of rotatable bonds is 5. The molecule has 0 radical (unpaired) electrons. The van der Waals surface area contributed by atoms with Crippen molar-refractivity contribution in [2.75, 3.05) is 20.2 Å². The number of nitrogens with zero attached hydrogens (tertiary/aromatic N) is 4. The highest BCUT2D eigenvalue weighted by molar-refractivity contribution is 6.31. The second-order valence-corrected chi connectivity index (χ2v) is 7.23. The van der Waals surface area contributed by atoms with Crippen LogP contribution in [-0.4, -0.2) is 39.9 Å². The van der Waals surface area contributed by atoms with Crippen molar-refractivity contribution < 1.29 is 4.74 Å². The molecule has 2 aliphatic rings. The molecule has 0 amide bonds. The smallest absolute Gasteiger partial charge is 0.137 e. The van der Waals surface area contributed by atoms with Crippen LogP contribution in [0.3, 0.4) is 0 Å². The zero-order valence-corrected chi connectivity index (χ0v) is 14.7. The van der Waals surface area contributed by atoms with E-state index in [1.54, 1.807) is 7.11 Å². The van der Waals surface area contributed by atoms with E-state index in [1.165, 1.54) is 25.7 Å². The summed E-state index contributed by atoms with van der Waals surface area (Å²) >= 11 is 6.41. The maximum atomic E-state index is 6.41. The molecule has 1 saturated heterocycles. The molecule has 1 aromatic heterocycles. The van der Waals surface area contributed by atoms with Crippen LogP contribution in [0.15, 0.2) is 24.5 Å². The zero-order valence-electron chi connectivity index (χ0n) is 14.0. The average Bonchev–Trinajstić information content (AvgIpc) is 3.33. The summed E-state index contributed by atoms with van der Waals surface area (Å²) in [6.45, 7) is 2.90. The van der Waals surface area contributed by atoms with Gasteiger partial charge in [0.25, 0.3) is 0 Å². The molecule has 1 aliphatic heterocycles. The Kier molecular flexibility index (Phi) is 4.46. The second kappa shape index (κ2) is 6.73. The third kappa shape index (κ3) is 3.15. The minimum atomic E-state index is 0.454. The Labute approximate surface area is 147 Å². The maximum Gasteiger partial charge on any atom is 0.137 e. The van der Waals surface area contributed by atoms with E-state index < -0.39 is 0 Å². The molecule has 1 aliphatic carbocycles. The van der Waals surface area contributed by atoms with Gasteiger partial charge in [-0.2, -0.15) is 0 Å². The predicted molar refractivity (Wildman–Crippen MR) is 93.5 cm³/mol. The van der Waals surface area contributed by atoms with E-state index in [1.807, 2.05) is 24.5 Å². The van der Waals surface area contributed by atoms with Gasteiger partial charge >= 0.3 is 0 Å². The van der Waals surface area contributed by atoms with Crippen LogP contribution in [0.1, 0.15) is 49.0 Å². The highest BCUT2D eigenvalue weighted by Crippen LogP contribution is 2.38. The number of benzene rings is 1. The summed E-state index contributed by atoms with van der Waals surface area (Å²) in [5, 5.41) is 9.37. The van der Waals surface area contributed by atoms with E-state index in [0.29, 0.717) is 12.0 Å². The quantitative estimate of drug-likeness (QED) is 0.828. The molecule has 6 heteroatoms. The van der Waals surface area contributed by atoms with Crippen molar-refractivity contribution in [2.45, 2.75) is 44.2 Å². The van der Waals surface area contributed by atoms with Crippen LogP contribution in [0.2, 0.25) is 5.02 Å². The number of likely N-dealkylation sites (tertiary alicyclic amines) is 1. The van der Waals surface area contributed by atoms with Gasteiger partial charge in [-0.3, -0.25) is 4.90 Å². The van der Waals surface area contributed by atoms with E-state index in [2.05, 4.69) is 19.7 Å². The van der Waals surface area contributed by atoms with Crippen LogP contribution in [-0.2, 0) is 6.54 Å². The predicted octanol–water partition coefficient (Wildman–Crippen LogP) is 3.65.